The van der Waals surface area contributed by atoms with Gasteiger partial charge in [-0.15, -0.1) is 0 Å². The molecule has 0 N–H and O–H groups in total. The van der Waals surface area contributed by atoms with Crippen LogP contribution in [0.2, 0.25) is 0 Å². The first-order valence-electron chi connectivity index (χ1n) is 6.27. The van der Waals surface area contributed by atoms with Gasteiger partial charge in [-0.05, 0) is 37.5 Å². The monoisotopic (exact) mass is 250 g/mol. The Morgan fingerprint density at radius 3 is 2.44 bits per heavy atom. The minimum Gasteiger partial charge on any atom is -0.496 e. The normalized spacial score (nSPS) is 12.3. The lowest BCUT2D eigenvalue weighted by atomic mass is 9.96. The van der Waals surface area contributed by atoms with Gasteiger partial charge >= 0.3 is 0 Å². The van der Waals surface area contributed by atoms with Crippen molar-refractivity contribution in [2.45, 2.75) is 39.7 Å². The van der Waals surface area contributed by atoms with Crippen LogP contribution in [0.5, 0.6) is 5.75 Å². The Hall–Kier alpha value is -1.35. The van der Waals surface area contributed by atoms with Gasteiger partial charge < -0.3 is 9.47 Å². The number of Topliss-reactive ketones (excluding diaryl/α,β-unsaturated/α-hetero) is 1. The summed E-state index contributed by atoms with van der Waals surface area (Å²) < 4.78 is 10.6. The molecule has 1 aromatic rings. The van der Waals surface area contributed by atoms with Gasteiger partial charge in [0.2, 0.25) is 0 Å². The Kier molecular flexibility index (Phi) is 5.35. The van der Waals surface area contributed by atoms with Crippen molar-refractivity contribution in [1.29, 1.82) is 0 Å². The standard InChI is InChI=1S/C15H22O3/c1-6-7-12(17-4)15(16)14-11(3)8-10(2)9-13(14)18-5/h8-9,12H,6-7H2,1-5H3. The summed E-state index contributed by atoms with van der Waals surface area (Å²) in [7, 11) is 3.17. The molecule has 0 aliphatic heterocycles. The predicted octanol–water partition coefficient (Wildman–Crippen LogP) is 3.31. The molecule has 0 aliphatic carbocycles. The molecule has 100 valence electrons. The summed E-state index contributed by atoms with van der Waals surface area (Å²) in [4.78, 5) is 12.5. The lowest BCUT2D eigenvalue weighted by Crippen LogP contribution is -2.24. The minimum atomic E-state index is -0.384. The molecule has 0 fully saturated rings. The highest BCUT2D eigenvalue weighted by Crippen LogP contribution is 2.26. The lowest BCUT2D eigenvalue weighted by Gasteiger charge is -2.17. The summed E-state index contributed by atoms with van der Waals surface area (Å²) in [6, 6.07) is 3.88. The van der Waals surface area contributed by atoms with Crippen molar-refractivity contribution in [1.82, 2.24) is 0 Å². The topological polar surface area (TPSA) is 35.5 Å². The van der Waals surface area contributed by atoms with E-state index in [1.54, 1.807) is 14.2 Å². The van der Waals surface area contributed by atoms with Crippen LogP contribution in [0.3, 0.4) is 0 Å². The van der Waals surface area contributed by atoms with E-state index in [-0.39, 0.29) is 11.9 Å². The zero-order chi connectivity index (χ0) is 13.7. The van der Waals surface area contributed by atoms with Gasteiger partial charge in [-0.1, -0.05) is 19.4 Å². The van der Waals surface area contributed by atoms with Crippen LogP contribution < -0.4 is 4.74 Å². The van der Waals surface area contributed by atoms with Crippen LogP contribution in [0, 0.1) is 13.8 Å². The highest BCUT2D eigenvalue weighted by Gasteiger charge is 2.24. The predicted molar refractivity (Wildman–Crippen MR) is 72.5 cm³/mol. The van der Waals surface area contributed by atoms with E-state index in [1.165, 1.54) is 0 Å². The van der Waals surface area contributed by atoms with Gasteiger partial charge in [-0.2, -0.15) is 0 Å². The fourth-order valence-corrected chi connectivity index (χ4v) is 2.18. The molecule has 0 radical (unpaired) electrons. The third-order valence-electron chi connectivity index (χ3n) is 3.04. The molecule has 1 unspecified atom stereocenters. The van der Waals surface area contributed by atoms with Crippen LogP contribution in [-0.4, -0.2) is 26.1 Å². The Labute approximate surface area is 109 Å². The quantitative estimate of drug-likeness (QED) is 0.727. The van der Waals surface area contributed by atoms with Crippen LogP contribution in [0.1, 0.15) is 41.3 Å². The molecule has 0 aliphatic rings. The molecule has 1 atom stereocenters. The van der Waals surface area contributed by atoms with Crippen LogP contribution in [-0.2, 0) is 4.74 Å². The molecule has 0 amide bonds. The van der Waals surface area contributed by atoms with E-state index < -0.39 is 0 Å². The van der Waals surface area contributed by atoms with Crippen LogP contribution >= 0.6 is 0 Å². The van der Waals surface area contributed by atoms with E-state index in [9.17, 15) is 4.79 Å². The van der Waals surface area contributed by atoms with Gasteiger partial charge in [-0.3, -0.25) is 4.79 Å². The molecular weight excluding hydrogens is 228 g/mol. The number of hydrogen-bond donors (Lipinski definition) is 0. The van der Waals surface area contributed by atoms with Crippen LogP contribution in [0.25, 0.3) is 0 Å². The first-order chi connectivity index (χ1) is 8.54. The fraction of sp³-hybridized carbons (Fsp3) is 0.533. The number of carbonyl (C=O) groups excluding carboxylic acids is 1. The first-order valence-corrected chi connectivity index (χ1v) is 6.27. The molecule has 0 saturated carbocycles. The van der Waals surface area contributed by atoms with Crippen LogP contribution in [0.15, 0.2) is 12.1 Å². The molecule has 3 heteroatoms. The van der Waals surface area contributed by atoms with Crippen molar-refractivity contribution < 1.29 is 14.3 Å². The molecule has 0 bridgehead atoms. The van der Waals surface area contributed by atoms with Gasteiger partial charge in [0.05, 0.1) is 12.7 Å². The van der Waals surface area contributed by atoms with E-state index in [1.807, 2.05) is 32.9 Å². The molecular formula is C15H22O3. The SMILES string of the molecule is CCCC(OC)C(=O)c1c(C)cc(C)cc1OC. The summed E-state index contributed by atoms with van der Waals surface area (Å²) in [6.07, 6.45) is 1.26. The summed E-state index contributed by atoms with van der Waals surface area (Å²) >= 11 is 0. The summed E-state index contributed by atoms with van der Waals surface area (Å²) in [6.45, 7) is 5.96. The van der Waals surface area contributed by atoms with Crippen molar-refractivity contribution in [3.8, 4) is 5.75 Å². The second kappa shape index (κ2) is 6.55. The molecule has 1 aromatic carbocycles. The third-order valence-corrected chi connectivity index (χ3v) is 3.04. The van der Waals surface area contributed by atoms with Crippen molar-refractivity contribution in [2.75, 3.05) is 14.2 Å². The maximum absolute atomic E-state index is 12.5. The smallest absolute Gasteiger partial charge is 0.195 e. The number of hydrogen-bond acceptors (Lipinski definition) is 3. The Bertz CT molecular complexity index is 424. The molecule has 3 nitrogen and oxygen atoms in total. The van der Waals surface area contributed by atoms with Gasteiger partial charge in [0.1, 0.15) is 11.9 Å². The van der Waals surface area contributed by atoms with Gasteiger partial charge in [-0.25, -0.2) is 0 Å². The van der Waals surface area contributed by atoms with E-state index in [2.05, 4.69) is 0 Å². The highest BCUT2D eigenvalue weighted by atomic mass is 16.5. The van der Waals surface area contributed by atoms with E-state index in [0.717, 1.165) is 24.0 Å². The lowest BCUT2D eigenvalue weighted by molar-refractivity contribution is 0.0575. The van der Waals surface area contributed by atoms with Crippen LogP contribution in [0.4, 0.5) is 0 Å². The van der Waals surface area contributed by atoms with Gasteiger partial charge in [0.25, 0.3) is 0 Å². The third kappa shape index (κ3) is 3.10. The first kappa shape index (κ1) is 14.7. The van der Waals surface area contributed by atoms with E-state index in [4.69, 9.17) is 9.47 Å². The maximum Gasteiger partial charge on any atom is 0.195 e. The zero-order valence-corrected chi connectivity index (χ0v) is 11.9. The Morgan fingerprint density at radius 2 is 1.94 bits per heavy atom. The number of benzene rings is 1. The fourth-order valence-electron chi connectivity index (χ4n) is 2.18. The number of carbonyl (C=O) groups is 1. The molecule has 0 spiro atoms. The molecule has 0 heterocycles. The molecule has 18 heavy (non-hydrogen) atoms. The van der Waals surface area contributed by atoms with Gasteiger partial charge in [0, 0.05) is 7.11 Å². The molecule has 0 aromatic heterocycles. The van der Waals surface area contributed by atoms with E-state index >= 15 is 0 Å². The summed E-state index contributed by atoms with van der Waals surface area (Å²) in [5.74, 6) is 0.643. The average molecular weight is 250 g/mol. The van der Waals surface area contributed by atoms with Crippen molar-refractivity contribution >= 4 is 5.78 Å². The second-order valence-corrected chi connectivity index (χ2v) is 4.54. The largest absolute Gasteiger partial charge is 0.496 e. The number of rotatable bonds is 6. The van der Waals surface area contributed by atoms with Crippen molar-refractivity contribution in [3.63, 3.8) is 0 Å². The highest BCUT2D eigenvalue weighted by molar-refractivity contribution is 6.03. The number of aryl methyl sites for hydroxylation is 2. The second-order valence-electron chi connectivity index (χ2n) is 4.54. The van der Waals surface area contributed by atoms with Gasteiger partial charge in [0.15, 0.2) is 5.78 Å². The number of ketones is 1. The minimum absolute atomic E-state index is 0.00806. The maximum atomic E-state index is 12.5. The van der Waals surface area contributed by atoms with Crippen molar-refractivity contribution in [2.24, 2.45) is 0 Å². The molecule has 0 saturated heterocycles. The average Bonchev–Trinajstić information content (AvgIpc) is 2.34. The van der Waals surface area contributed by atoms with Crippen molar-refractivity contribution in [3.05, 3.63) is 28.8 Å². The Balaban J connectivity index is 3.18. The number of methoxy groups -OCH3 is 2. The Morgan fingerprint density at radius 1 is 1.28 bits per heavy atom. The molecule has 1 rings (SSSR count). The van der Waals surface area contributed by atoms with E-state index in [0.29, 0.717) is 11.3 Å². The number of ether oxygens (including phenoxy) is 2. The summed E-state index contributed by atoms with van der Waals surface area (Å²) in [5.41, 5.74) is 2.67. The zero-order valence-electron chi connectivity index (χ0n) is 11.9. The summed E-state index contributed by atoms with van der Waals surface area (Å²) in [5, 5.41) is 0.